The highest BCUT2D eigenvalue weighted by Crippen LogP contribution is 2.33. The minimum absolute atomic E-state index is 0.187. The first-order valence-corrected chi connectivity index (χ1v) is 9.80. The van der Waals surface area contributed by atoms with Crippen LogP contribution in [0.4, 0.5) is 0 Å². The largest absolute Gasteiger partial charge is 0.497 e. The number of hydrogen-bond acceptors (Lipinski definition) is 4. The van der Waals surface area contributed by atoms with Crippen LogP contribution in [0.2, 0.25) is 0 Å². The Morgan fingerprint density at radius 2 is 1.85 bits per heavy atom. The quantitative estimate of drug-likeness (QED) is 0.890. The standard InChI is InChI=1S/C19H22N2O4S/c1-13-6-4-5-7-16(13)18-19(22)20-10-11-21(18)26(23,24)17-9-8-15(25-3)12-14(17)2/h4-9,12,18H,10-11H2,1-3H3,(H,20,22). The van der Waals surface area contributed by atoms with Crippen molar-refractivity contribution in [1.82, 2.24) is 9.62 Å². The molecule has 0 saturated carbocycles. The van der Waals surface area contributed by atoms with Gasteiger partial charge in [0.05, 0.1) is 12.0 Å². The number of amides is 1. The fourth-order valence-electron chi connectivity index (χ4n) is 3.26. The molecule has 1 unspecified atom stereocenters. The second kappa shape index (κ2) is 7.09. The molecular weight excluding hydrogens is 352 g/mol. The minimum atomic E-state index is -3.85. The van der Waals surface area contributed by atoms with E-state index in [1.54, 1.807) is 25.1 Å². The third kappa shape index (κ3) is 3.20. The molecule has 0 spiro atoms. The number of methoxy groups -OCH3 is 1. The smallest absolute Gasteiger partial charge is 0.244 e. The molecule has 1 atom stereocenters. The molecule has 0 aromatic heterocycles. The van der Waals surface area contributed by atoms with Gasteiger partial charge in [-0.05, 0) is 48.7 Å². The molecule has 0 aliphatic carbocycles. The Kier molecular flexibility index (Phi) is 5.02. The molecule has 1 saturated heterocycles. The molecular formula is C19H22N2O4S. The third-order valence-corrected chi connectivity index (χ3v) is 6.64. The van der Waals surface area contributed by atoms with Crippen molar-refractivity contribution >= 4 is 15.9 Å². The summed E-state index contributed by atoms with van der Waals surface area (Å²) in [6, 6.07) is 11.3. The van der Waals surface area contributed by atoms with E-state index in [0.717, 1.165) is 5.56 Å². The van der Waals surface area contributed by atoms with Crippen molar-refractivity contribution in [3.05, 3.63) is 59.2 Å². The van der Waals surface area contributed by atoms with Crippen molar-refractivity contribution in [2.24, 2.45) is 0 Å². The molecule has 7 heteroatoms. The van der Waals surface area contributed by atoms with Crippen LogP contribution in [0.15, 0.2) is 47.4 Å². The number of rotatable bonds is 4. The van der Waals surface area contributed by atoms with Crippen molar-refractivity contribution in [3.63, 3.8) is 0 Å². The lowest BCUT2D eigenvalue weighted by Gasteiger charge is -2.35. The lowest BCUT2D eigenvalue weighted by Crippen LogP contribution is -2.52. The summed E-state index contributed by atoms with van der Waals surface area (Å²) in [6.45, 7) is 4.11. The van der Waals surface area contributed by atoms with E-state index in [2.05, 4.69) is 5.32 Å². The molecule has 0 radical (unpaired) electrons. The fourth-order valence-corrected chi connectivity index (χ4v) is 5.04. The zero-order valence-corrected chi connectivity index (χ0v) is 15.8. The first-order valence-electron chi connectivity index (χ1n) is 8.36. The summed E-state index contributed by atoms with van der Waals surface area (Å²) < 4.78 is 33.2. The third-order valence-electron chi connectivity index (χ3n) is 4.62. The van der Waals surface area contributed by atoms with Crippen molar-refractivity contribution in [2.45, 2.75) is 24.8 Å². The number of ether oxygens (including phenoxy) is 1. The predicted molar refractivity (Wildman–Crippen MR) is 98.6 cm³/mol. The van der Waals surface area contributed by atoms with Crippen LogP contribution >= 0.6 is 0 Å². The van der Waals surface area contributed by atoms with Crippen LogP contribution in [0, 0.1) is 13.8 Å². The molecule has 6 nitrogen and oxygen atoms in total. The van der Waals surface area contributed by atoms with E-state index in [1.807, 2.05) is 25.1 Å². The first-order chi connectivity index (χ1) is 12.4. The van der Waals surface area contributed by atoms with Gasteiger partial charge in [-0.15, -0.1) is 0 Å². The normalized spacial score (nSPS) is 18.4. The second-order valence-corrected chi connectivity index (χ2v) is 8.16. The number of nitrogens with zero attached hydrogens (tertiary/aromatic N) is 1. The zero-order valence-electron chi connectivity index (χ0n) is 15.0. The molecule has 2 aromatic carbocycles. The van der Waals surface area contributed by atoms with Crippen molar-refractivity contribution in [2.75, 3.05) is 20.2 Å². The van der Waals surface area contributed by atoms with E-state index < -0.39 is 16.1 Å². The van der Waals surface area contributed by atoms with Gasteiger partial charge in [-0.1, -0.05) is 24.3 Å². The molecule has 1 aliphatic heterocycles. The van der Waals surface area contributed by atoms with Gasteiger partial charge in [0.2, 0.25) is 15.9 Å². The van der Waals surface area contributed by atoms with Crippen LogP contribution in [-0.2, 0) is 14.8 Å². The summed E-state index contributed by atoms with van der Waals surface area (Å²) in [7, 11) is -2.31. The number of hydrogen-bond donors (Lipinski definition) is 1. The van der Waals surface area contributed by atoms with Crippen LogP contribution in [0.25, 0.3) is 0 Å². The number of piperazine rings is 1. The maximum Gasteiger partial charge on any atom is 0.244 e. The molecule has 1 aliphatic rings. The molecule has 1 N–H and O–H groups in total. The number of carbonyl (C=O) groups is 1. The van der Waals surface area contributed by atoms with E-state index in [4.69, 9.17) is 4.74 Å². The van der Waals surface area contributed by atoms with Crippen LogP contribution < -0.4 is 10.1 Å². The molecule has 1 fully saturated rings. The Morgan fingerprint density at radius 1 is 1.12 bits per heavy atom. The van der Waals surface area contributed by atoms with Gasteiger partial charge < -0.3 is 10.1 Å². The van der Waals surface area contributed by atoms with E-state index in [-0.39, 0.29) is 23.9 Å². The van der Waals surface area contributed by atoms with E-state index in [9.17, 15) is 13.2 Å². The number of aryl methyl sites for hydroxylation is 2. The maximum atomic E-state index is 13.4. The highest BCUT2D eigenvalue weighted by molar-refractivity contribution is 7.89. The van der Waals surface area contributed by atoms with Crippen LogP contribution in [0.1, 0.15) is 22.7 Å². The number of nitrogens with one attached hydrogen (secondary N) is 1. The first kappa shape index (κ1) is 18.4. The van der Waals surface area contributed by atoms with E-state index in [0.29, 0.717) is 16.9 Å². The molecule has 1 heterocycles. The highest BCUT2D eigenvalue weighted by atomic mass is 32.2. The van der Waals surface area contributed by atoms with Crippen LogP contribution in [0.3, 0.4) is 0 Å². The summed E-state index contributed by atoms with van der Waals surface area (Å²) in [5.74, 6) is 0.286. The summed E-state index contributed by atoms with van der Waals surface area (Å²) in [5, 5.41) is 2.78. The number of sulfonamides is 1. The lowest BCUT2D eigenvalue weighted by atomic mass is 9.99. The molecule has 138 valence electrons. The van der Waals surface area contributed by atoms with Gasteiger partial charge in [0.25, 0.3) is 0 Å². The van der Waals surface area contributed by atoms with Gasteiger partial charge in [-0.25, -0.2) is 8.42 Å². The topological polar surface area (TPSA) is 75.7 Å². The molecule has 1 amide bonds. The molecule has 26 heavy (non-hydrogen) atoms. The van der Waals surface area contributed by atoms with Gasteiger partial charge in [-0.2, -0.15) is 4.31 Å². The summed E-state index contributed by atoms with van der Waals surface area (Å²) in [6.07, 6.45) is 0. The number of benzene rings is 2. The summed E-state index contributed by atoms with van der Waals surface area (Å²) in [4.78, 5) is 12.8. The summed E-state index contributed by atoms with van der Waals surface area (Å²) >= 11 is 0. The van der Waals surface area contributed by atoms with Crippen LogP contribution in [-0.4, -0.2) is 38.8 Å². The highest BCUT2D eigenvalue weighted by Gasteiger charge is 2.40. The average molecular weight is 374 g/mol. The van der Waals surface area contributed by atoms with Gasteiger partial charge in [0, 0.05) is 13.1 Å². The second-order valence-electron chi connectivity index (χ2n) is 6.30. The number of carbonyl (C=O) groups excluding carboxylic acids is 1. The SMILES string of the molecule is COc1ccc(S(=O)(=O)N2CCNC(=O)C2c2ccccc2C)c(C)c1. The Balaban J connectivity index is 2.10. The molecule has 0 bridgehead atoms. The average Bonchev–Trinajstić information content (AvgIpc) is 2.62. The Labute approximate surface area is 153 Å². The van der Waals surface area contributed by atoms with Gasteiger partial charge in [0.15, 0.2) is 0 Å². The lowest BCUT2D eigenvalue weighted by molar-refractivity contribution is -0.126. The van der Waals surface area contributed by atoms with Crippen molar-refractivity contribution in [3.8, 4) is 5.75 Å². The fraction of sp³-hybridized carbons (Fsp3) is 0.316. The van der Waals surface area contributed by atoms with Gasteiger partial charge >= 0.3 is 0 Å². The van der Waals surface area contributed by atoms with Crippen molar-refractivity contribution < 1.29 is 17.9 Å². The Bertz CT molecular complexity index is 940. The van der Waals surface area contributed by atoms with Gasteiger partial charge in [-0.3, -0.25) is 4.79 Å². The Hall–Kier alpha value is -2.38. The minimum Gasteiger partial charge on any atom is -0.497 e. The predicted octanol–water partition coefficient (Wildman–Crippen LogP) is 2.17. The van der Waals surface area contributed by atoms with Crippen LogP contribution in [0.5, 0.6) is 5.75 Å². The van der Waals surface area contributed by atoms with E-state index in [1.165, 1.54) is 17.5 Å². The monoisotopic (exact) mass is 374 g/mol. The molecule has 2 aromatic rings. The van der Waals surface area contributed by atoms with Crippen molar-refractivity contribution in [1.29, 1.82) is 0 Å². The van der Waals surface area contributed by atoms with E-state index >= 15 is 0 Å². The summed E-state index contributed by atoms with van der Waals surface area (Å²) in [5.41, 5.74) is 2.15. The Morgan fingerprint density at radius 3 is 2.50 bits per heavy atom. The van der Waals surface area contributed by atoms with Gasteiger partial charge in [0.1, 0.15) is 11.8 Å². The zero-order chi connectivity index (χ0) is 18.9. The maximum absolute atomic E-state index is 13.4. The molecule has 3 rings (SSSR count).